The summed E-state index contributed by atoms with van der Waals surface area (Å²) in [4.78, 5) is 17.3. The summed E-state index contributed by atoms with van der Waals surface area (Å²) in [5, 5.41) is 8.65. The molecule has 3 N–H and O–H groups in total. The van der Waals surface area contributed by atoms with Gasteiger partial charge in [-0.2, -0.15) is 0 Å². The molecule has 2 aromatic rings. The standard InChI is InChI=1S/C8H6N2O2.Li.H2O/c11-8(12)5-1-2-6-7(3-5)10-4-9-6;;/h1-4H,(H,9,10)(H,11,12);;1H2/q;+1;/p-1. The molecule has 1 aromatic heterocycles. The number of aromatic nitrogens is 2. The quantitative estimate of drug-likeness (QED) is 0.508. The number of nitrogens with zero attached hydrogens (tertiary/aromatic N) is 1. The molecule has 0 saturated heterocycles. The number of aromatic amines is 1. The average Bonchev–Trinajstić information content (AvgIpc) is 2.49. The Morgan fingerprint density at radius 2 is 2.14 bits per heavy atom. The van der Waals surface area contributed by atoms with Gasteiger partial charge in [-0.25, -0.2) is 9.78 Å². The van der Waals surface area contributed by atoms with E-state index in [9.17, 15) is 4.79 Å². The molecule has 2 rings (SSSR count). The van der Waals surface area contributed by atoms with Gasteiger partial charge >= 0.3 is 24.8 Å². The van der Waals surface area contributed by atoms with Crippen molar-refractivity contribution in [3.8, 4) is 0 Å². The number of hydrogen-bond donors (Lipinski definition) is 2. The number of aromatic carboxylic acids is 1. The van der Waals surface area contributed by atoms with Crippen LogP contribution in [0.15, 0.2) is 24.5 Å². The van der Waals surface area contributed by atoms with E-state index in [-0.39, 0.29) is 29.9 Å². The van der Waals surface area contributed by atoms with Crippen molar-refractivity contribution in [2.75, 3.05) is 0 Å². The number of fused-ring (bicyclic) bond motifs is 1. The first kappa shape index (κ1) is 12.7. The van der Waals surface area contributed by atoms with Crippen molar-refractivity contribution < 1.29 is 34.2 Å². The summed E-state index contributed by atoms with van der Waals surface area (Å²) in [7, 11) is 0. The number of carboxylic acids is 1. The van der Waals surface area contributed by atoms with Crippen molar-refractivity contribution in [1.82, 2.24) is 9.97 Å². The van der Waals surface area contributed by atoms with Crippen LogP contribution in [-0.4, -0.2) is 26.5 Å². The van der Waals surface area contributed by atoms with Gasteiger partial charge in [0, 0.05) is 0 Å². The molecule has 14 heavy (non-hydrogen) atoms. The molecular formula is C8H7LiN2O3. The zero-order valence-corrected chi connectivity index (χ0v) is 7.56. The first-order chi connectivity index (χ1) is 5.77. The SMILES string of the molecule is O=C(O)c1ccc2nc[nH]c2c1.[Li+].[OH-]. The Morgan fingerprint density at radius 3 is 2.79 bits per heavy atom. The molecule has 0 spiro atoms. The van der Waals surface area contributed by atoms with Gasteiger partial charge in [-0.05, 0) is 18.2 Å². The minimum Gasteiger partial charge on any atom is -0.870 e. The topological polar surface area (TPSA) is 96.0 Å². The number of imidazole rings is 1. The molecule has 0 aliphatic heterocycles. The molecule has 0 aliphatic rings. The summed E-state index contributed by atoms with van der Waals surface area (Å²) < 4.78 is 0. The maximum atomic E-state index is 10.5. The van der Waals surface area contributed by atoms with E-state index in [2.05, 4.69) is 9.97 Å². The van der Waals surface area contributed by atoms with Gasteiger partial charge in [-0.1, -0.05) is 0 Å². The molecule has 1 heterocycles. The molecule has 1 aromatic carbocycles. The first-order valence-electron chi connectivity index (χ1n) is 3.44. The van der Waals surface area contributed by atoms with Gasteiger partial charge in [0.05, 0.1) is 22.9 Å². The van der Waals surface area contributed by atoms with E-state index in [1.54, 1.807) is 12.1 Å². The molecule has 0 unspecified atom stereocenters. The van der Waals surface area contributed by atoms with Gasteiger partial charge in [-0.15, -0.1) is 0 Å². The third-order valence-corrected chi connectivity index (χ3v) is 1.67. The van der Waals surface area contributed by atoms with Crippen LogP contribution in [0, 0.1) is 0 Å². The molecule has 0 atom stereocenters. The van der Waals surface area contributed by atoms with Crippen LogP contribution >= 0.6 is 0 Å². The fraction of sp³-hybridized carbons (Fsp3) is 0. The predicted octanol–water partition coefficient (Wildman–Crippen LogP) is -1.91. The average molecular weight is 186 g/mol. The van der Waals surface area contributed by atoms with Crippen LogP contribution in [0.4, 0.5) is 0 Å². The van der Waals surface area contributed by atoms with Crippen LogP contribution < -0.4 is 18.9 Å². The number of nitrogens with one attached hydrogen (secondary N) is 1. The Hall–Kier alpha value is -1.28. The zero-order chi connectivity index (χ0) is 8.55. The molecule has 6 heteroatoms. The minimum atomic E-state index is -0.925. The van der Waals surface area contributed by atoms with Crippen molar-refractivity contribution >= 4 is 17.0 Å². The monoisotopic (exact) mass is 186 g/mol. The van der Waals surface area contributed by atoms with Crippen molar-refractivity contribution in [3.63, 3.8) is 0 Å². The molecule has 68 valence electrons. The van der Waals surface area contributed by atoms with Gasteiger partial charge in [0.25, 0.3) is 0 Å². The molecule has 0 saturated carbocycles. The largest absolute Gasteiger partial charge is 1.00 e. The van der Waals surface area contributed by atoms with Crippen LogP contribution in [0.5, 0.6) is 0 Å². The maximum absolute atomic E-state index is 10.5. The van der Waals surface area contributed by atoms with E-state index in [0.717, 1.165) is 11.0 Å². The Kier molecular flexibility index (Phi) is 4.37. The molecule has 0 amide bonds. The number of carboxylic acid groups (broad SMARTS) is 1. The molecule has 0 aliphatic carbocycles. The fourth-order valence-corrected chi connectivity index (χ4v) is 1.07. The third-order valence-electron chi connectivity index (χ3n) is 1.67. The maximum Gasteiger partial charge on any atom is 1.00 e. The van der Waals surface area contributed by atoms with Crippen LogP contribution in [0.25, 0.3) is 11.0 Å². The summed E-state index contributed by atoms with van der Waals surface area (Å²) in [5.41, 5.74) is 1.79. The van der Waals surface area contributed by atoms with Gasteiger partial charge in [0.2, 0.25) is 0 Å². The Bertz CT molecular complexity index is 441. The number of rotatable bonds is 1. The Balaban J connectivity index is 0.000000845. The van der Waals surface area contributed by atoms with Crippen molar-refractivity contribution in [2.24, 2.45) is 0 Å². The molecule has 0 bridgehead atoms. The van der Waals surface area contributed by atoms with Crippen molar-refractivity contribution in [2.45, 2.75) is 0 Å². The number of hydrogen-bond acceptors (Lipinski definition) is 3. The van der Waals surface area contributed by atoms with E-state index >= 15 is 0 Å². The van der Waals surface area contributed by atoms with Crippen LogP contribution in [0.2, 0.25) is 0 Å². The molecule has 5 nitrogen and oxygen atoms in total. The zero-order valence-electron chi connectivity index (χ0n) is 7.56. The second-order valence-corrected chi connectivity index (χ2v) is 2.44. The van der Waals surface area contributed by atoms with E-state index in [1.807, 2.05) is 0 Å². The molecule has 0 radical (unpaired) electrons. The minimum absolute atomic E-state index is 0. The summed E-state index contributed by atoms with van der Waals surface area (Å²) >= 11 is 0. The number of benzene rings is 1. The van der Waals surface area contributed by atoms with Crippen molar-refractivity contribution in [1.29, 1.82) is 0 Å². The van der Waals surface area contributed by atoms with Gasteiger partial charge in [0.15, 0.2) is 0 Å². The normalized spacial score (nSPS) is 8.86. The summed E-state index contributed by atoms with van der Waals surface area (Å²) in [6.45, 7) is 0. The van der Waals surface area contributed by atoms with E-state index in [1.165, 1.54) is 12.4 Å². The number of H-pyrrole nitrogens is 1. The van der Waals surface area contributed by atoms with Crippen LogP contribution in [0.3, 0.4) is 0 Å². The van der Waals surface area contributed by atoms with Crippen molar-refractivity contribution in [3.05, 3.63) is 30.1 Å². The second-order valence-electron chi connectivity index (χ2n) is 2.44. The van der Waals surface area contributed by atoms with E-state index < -0.39 is 5.97 Å². The smallest absolute Gasteiger partial charge is 0.870 e. The van der Waals surface area contributed by atoms with E-state index in [0.29, 0.717) is 0 Å². The van der Waals surface area contributed by atoms with Crippen LogP contribution in [0.1, 0.15) is 10.4 Å². The predicted molar refractivity (Wildman–Crippen MR) is 45.0 cm³/mol. The third kappa shape index (κ3) is 2.15. The van der Waals surface area contributed by atoms with E-state index in [4.69, 9.17) is 5.11 Å². The van der Waals surface area contributed by atoms with Gasteiger partial charge < -0.3 is 15.6 Å². The summed E-state index contributed by atoms with van der Waals surface area (Å²) in [6.07, 6.45) is 1.54. The summed E-state index contributed by atoms with van der Waals surface area (Å²) in [6, 6.07) is 4.77. The van der Waals surface area contributed by atoms with Gasteiger partial charge in [0.1, 0.15) is 0 Å². The number of carbonyl (C=O) groups is 1. The van der Waals surface area contributed by atoms with Crippen LogP contribution in [-0.2, 0) is 0 Å². The van der Waals surface area contributed by atoms with Gasteiger partial charge in [-0.3, -0.25) is 0 Å². The summed E-state index contributed by atoms with van der Waals surface area (Å²) in [5.74, 6) is -0.925. The molecule has 0 fully saturated rings. The second kappa shape index (κ2) is 4.82. The fourth-order valence-electron chi connectivity index (χ4n) is 1.07. The Morgan fingerprint density at radius 1 is 1.43 bits per heavy atom. The first-order valence-corrected chi connectivity index (χ1v) is 3.44. The Labute approximate surface area is 91.6 Å². The molecular weight excluding hydrogens is 179 g/mol.